The lowest BCUT2D eigenvalue weighted by molar-refractivity contribution is -0.0258. The molecule has 4 atom stereocenters. The van der Waals surface area contributed by atoms with Crippen LogP contribution in [0.5, 0.6) is 0 Å². The Morgan fingerprint density at radius 3 is 2.67 bits per heavy atom. The molecule has 0 aromatic heterocycles. The average molecular weight is 271 g/mol. The predicted molar refractivity (Wildman–Crippen MR) is 80.3 cm³/mol. The number of hydrogen-bond acceptors (Lipinski definition) is 3. The van der Waals surface area contributed by atoms with Gasteiger partial charge in [0.15, 0.2) is 0 Å². The summed E-state index contributed by atoms with van der Waals surface area (Å²) in [4.78, 5) is 0. The molecule has 2 fully saturated rings. The molecule has 0 radical (unpaired) electrons. The van der Waals surface area contributed by atoms with E-state index in [2.05, 4.69) is 37.8 Å². The van der Waals surface area contributed by atoms with E-state index in [9.17, 15) is 0 Å². The van der Waals surface area contributed by atoms with Crippen molar-refractivity contribution in [1.82, 2.24) is 5.32 Å². The summed E-state index contributed by atoms with van der Waals surface area (Å²) in [6, 6.07) is 1.46. The number of ether oxygens (including phenoxy) is 1. The van der Waals surface area contributed by atoms with Gasteiger partial charge in [-0.3, -0.25) is 0 Å². The standard InChI is InChI=1S/C15H29NOS/c1-4-18-14-6-5-12(9-14)16-13-7-8-17-15(10-13)11(2)3/h11-16H,4-10H2,1-3H3. The minimum Gasteiger partial charge on any atom is -0.378 e. The lowest BCUT2D eigenvalue weighted by Gasteiger charge is -2.34. The van der Waals surface area contributed by atoms with Gasteiger partial charge in [0.05, 0.1) is 6.10 Å². The average Bonchev–Trinajstić information content (AvgIpc) is 2.77. The van der Waals surface area contributed by atoms with Gasteiger partial charge in [-0.25, -0.2) is 0 Å². The molecule has 18 heavy (non-hydrogen) atoms. The predicted octanol–water partition coefficient (Wildman–Crippen LogP) is 3.45. The van der Waals surface area contributed by atoms with Crippen LogP contribution in [0.25, 0.3) is 0 Å². The van der Waals surface area contributed by atoms with Gasteiger partial charge in [0, 0.05) is 23.9 Å². The molecule has 0 amide bonds. The van der Waals surface area contributed by atoms with Crippen LogP contribution in [0.3, 0.4) is 0 Å². The fourth-order valence-corrected chi connectivity index (χ4v) is 4.40. The second-order valence-corrected chi connectivity index (χ2v) is 7.71. The van der Waals surface area contributed by atoms with E-state index in [-0.39, 0.29) is 0 Å². The molecule has 2 aliphatic rings. The first-order chi connectivity index (χ1) is 8.69. The lowest BCUT2D eigenvalue weighted by Crippen LogP contribution is -2.44. The van der Waals surface area contributed by atoms with Gasteiger partial charge in [-0.15, -0.1) is 0 Å². The van der Waals surface area contributed by atoms with Gasteiger partial charge in [-0.2, -0.15) is 11.8 Å². The molecule has 2 nitrogen and oxygen atoms in total. The van der Waals surface area contributed by atoms with Gasteiger partial charge in [0.25, 0.3) is 0 Å². The zero-order valence-corrected chi connectivity index (χ0v) is 13.0. The molecular formula is C15H29NOS. The minimum absolute atomic E-state index is 0.471. The molecule has 1 aliphatic heterocycles. The fourth-order valence-electron chi connectivity index (χ4n) is 3.26. The smallest absolute Gasteiger partial charge is 0.0612 e. The number of thioether (sulfide) groups is 1. The van der Waals surface area contributed by atoms with E-state index in [1.807, 2.05) is 0 Å². The van der Waals surface area contributed by atoms with Crippen molar-refractivity contribution in [2.45, 2.75) is 76.3 Å². The van der Waals surface area contributed by atoms with Crippen molar-refractivity contribution in [2.24, 2.45) is 5.92 Å². The summed E-state index contributed by atoms with van der Waals surface area (Å²) in [7, 11) is 0. The quantitative estimate of drug-likeness (QED) is 0.827. The van der Waals surface area contributed by atoms with Crippen molar-refractivity contribution in [2.75, 3.05) is 12.4 Å². The maximum Gasteiger partial charge on any atom is 0.0612 e. The topological polar surface area (TPSA) is 21.3 Å². The summed E-state index contributed by atoms with van der Waals surface area (Å²) in [5.74, 6) is 1.92. The fraction of sp³-hybridized carbons (Fsp3) is 1.00. The number of nitrogens with one attached hydrogen (secondary N) is 1. The first-order valence-electron chi connectivity index (χ1n) is 7.68. The highest BCUT2D eigenvalue weighted by Crippen LogP contribution is 2.31. The Morgan fingerprint density at radius 2 is 1.94 bits per heavy atom. The van der Waals surface area contributed by atoms with E-state index in [0.717, 1.165) is 17.9 Å². The lowest BCUT2D eigenvalue weighted by atomic mass is 9.95. The SMILES string of the molecule is CCSC1CCC(NC2CCOC(C(C)C)C2)C1. The molecule has 4 unspecified atom stereocenters. The maximum atomic E-state index is 5.85. The van der Waals surface area contributed by atoms with Crippen molar-refractivity contribution >= 4 is 11.8 Å². The van der Waals surface area contributed by atoms with Crippen LogP contribution in [0.2, 0.25) is 0 Å². The normalized spacial score (nSPS) is 37.3. The van der Waals surface area contributed by atoms with Crippen LogP contribution < -0.4 is 5.32 Å². The highest BCUT2D eigenvalue weighted by Gasteiger charge is 2.30. The van der Waals surface area contributed by atoms with Crippen LogP contribution in [0.15, 0.2) is 0 Å². The molecule has 106 valence electrons. The second-order valence-electron chi connectivity index (χ2n) is 6.13. The second kappa shape index (κ2) is 7.16. The van der Waals surface area contributed by atoms with E-state index in [1.54, 1.807) is 0 Å². The summed E-state index contributed by atoms with van der Waals surface area (Å²) < 4.78 is 5.85. The van der Waals surface area contributed by atoms with Gasteiger partial charge in [0.1, 0.15) is 0 Å². The Balaban J connectivity index is 1.73. The molecule has 3 heteroatoms. The Hall–Kier alpha value is 0.270. The molecule has 1 aliphatic carbocycles. The highest BCUT2D eigenvalue weighted by molar-refractivity contribution is 7.99. The Morgan fingerprint density at radius 1 is 1.17 bits per heavy atom. The molecule has 1 N–H and O–H groups in total. The van der Waals surface area contributed by atoms with Gasteiger partial charge in [-0.05, 0) is 43.8 Å². The zero-order valence-electron chi connectivity index (χ0n) is 12.2. The van der Waals surface area contributed by atoms with E-state index in [0.29, 0.717) is 18.1 Å². The van der Waals surface area contributed by atoms with E-state index < -0.39 is 0 Å². The molecule has 1 saturated heterocycles. The largest absolute Gasteiger partial charge is 0.378 e. The molecule has 0 aromatic carbocycles. The van der Waals surface area contributed by atoms with Crippen LogP contribution >= 0.6 is 11.8 Å². The van der Waals surface area contributed by atoms with Crippen molar-refractivity contribution in [3.05, 3.63) is 0 Å². The van der Waals surface area contributed by atoms with Crippen LogP contribution in [0.4, 0.5) is 0 Å². The summed E-state index contributed by atoms with van der Waals surface area (Å²) in [6.45, 7) is 7.77. The molecule has 1 saturated carbocycles. The first kappa shape index (κ1) is 14.7. The molecule has 1 heterocycles. The third kappa shape index (κ3) is 4.14. The summed E-state index contributed by atoms with van der Waals surface area (Å²) in [5, 5.41) is 4.81. The Kier molecular flexibility index (Phi) is 5.84. The highest BCUT2D eigenvalue weighted by atomic mass is 32.2. The molecule has 2 rings (SSSR count). The third-order valence-corrected chi connectivity index (χ3v) is 5.55. The van der Waals surface area contributed by atoms with Gasteiger partial charge in [-0.1, -0.05) is 20.8 Å². The summed E-state index contributed by atoms with van der Waals surface area (Å²) in [6.07, 6.45) is 7.04. The monoisotopic (exact) mass is 271 g/mol. The molecule has 0 bridgehead atoms. The van der Waals surface area contributed by atoms with Crippen molar-refractivity contribution in [3.63, 3.8) is 0 Å². The van der Waals surface area contributed by atoms with Crippen molar-refractivity contribution < 1.29 is 4.74 Å². The Bertz CT molecular complexity index is 247. The number of hydrogen-bond donors (Lipinski definition) is 1. The molecule has 0 spiro atoms. The molecule has 0 aromatic rings. The van der Waals surface area contributed by atoms with Crippen LogP contribution in [0, 0.1) is 5.92 Å². The van der Waals surface area contributed by atoms with E-state index in [1.165, 1.54) is 37.9 Å². The van der Waals surface area contributed by atoms with Gasteiger partial charge >= 0.3 is 0 Å². The third-order valence-electron chi connectivity index (χ3n) is 4.32. The van der Waals surface area contributed by atoms with E-state index in [4.69, 9.17) is 4.74 Å². The zero-order chi connectivity index (χ0) is 13.0. The first-order valence-corrected chi connectivity index (χ1v) is 8.73. The van der Waals surface area contributed by atoms with Crippen LogP contribution in [-0.2, 0) is 4.74 Å². The van der Waals surface area contributed by atoms with Crippen molar-refractivity contribution in [3.8, 4) is 0 Å². The van der Waals surface area contributed by atoms with Crippen LogP contribution in [-0.4, -0.2) is 35.8 Å². The van der Waals surface area contributed by atoms with E-state index >= 15 is 0 Å². The molecular weight excluding hydrogens is 242 g/mol. The van der Waals surface area contributed by atoms with Gasteiger partial charge in [0.2, 0.25) is 0 Å². The minimum atomic E-state index is 0.471. The van der Waals surface area contributed by atoms with Gasteiger partial charge < -0.3 is 10.1 Å². The number of rotatable bonds is 5. The maximum absolute atomic E-state index is 5.85. The summed E-state index contributed by atoms with van der Waals surface area (Å²) >= 11 is 2.15. The van der Waals surface area contributed by atoms with Crippen LogP contribution in [0.1, 0.15) is 52.9 Å². The van der Waals surface area contributed by atoms with Crippen molar-refractivity contribution in [1.29, 1.82) is 0 Å². The Labute approximate surface area is 117 Å². The summed E-state index contributed by atoms with van der Waals surface area (Å²) in [5.41, 5.74) is 0.